The predicted molar refractivity (Wildman–Crippen MR) is 88.2 cm³/mol. The number of hydrogen-bond acceptors (Lipinski definition) is 5. The zero-order chi connectivity index (χ0) is 16.4. The number of benzene rings is 1. The molecule has 23 heavy (non-hydrogen) atoms. The van der Waals surface area contributed by atoms with E-state index in [0.29, 0.717) is 12.1 Å². The molecular formula is C16H19N3O3S. The maximum atomic E-state index is 12.7. The summed E-state index contributed by atoms with van der Waals surface area (Å²) < 4.78 is 0. The molecular weight excluding hydrogens is 314 g/mol. The van der Waals surface area contributed by atoms with Crippen molar-refractivity contribution in [1.82, 2.24) is 15.1 Å². The van der Waals surface area contributed by atoms with Gasteiger partial charge in [-0.2, -0.15) is 0 Å². The van der Waals surface area contributed by atoms with Crippen molar-refractivity contribution in [3.63, 3.8) is 0 Å². The number of nitrogens with one attached hydrogen (secondary N) is 1. The highest BCUT2D eigenvalue weighted by molar-refractivity contribution is 8.14. The first-order valence-corrected chi connectivity index (χ1v) is 8.62. The van der Waals surface area contributed by atoms with Gasteiger partial charge in [-0.1, -0.05) is 23.9 Å². The zero-order valence-corrected chi connectivity index (χ0v) is 13.8. The van der Waals surface area contributed by atoms with Gasteiger partial charge in [0.15, 0.2) is 0 Å². The molecule has 0 spiro atoms. The van der Waals surface area contributed by atoms with Crippen LogP contribution in [0.25, 0.3) is 0 Å². The molecule has 3 amide bonds. The van der Waals surface area contributed by atoms with Crippen LogP contribution in [0.4, 0.5) is 4.79 Å². The molecule has 1 atom stereocenters. The zero-order valence-electron chi connectivity index (χ0n) is 12.9. The second kappa shape index (κ2) is 6.72. The van der Waals surface area contributed by atoms with Gasteiger partial charge in [-0.3, -0.25) is 19.3 Å². The molecule has 1 aromatic carbocycles. The van der Waals surface area contributed by atoms with E-state index in [9.17, 15) is 14.4 Å². The highest BCUT2D eigenvalue weighted by atomic mass is 32.2. The lowest BCUT2D eigenvalue weighted by molar-refractivity contribution is -0.125. The second-order valence-electron chi connectivity index (χ2n) is 5.79. The summed E-state index contributed by atoms with van der Waals surface area (Å²) in [5.74, 6) is 0.0252. The Morgan fingerprint density at radius 2 is 2.22 bits per heavy atom. The Morgan fingerprint density at radius 1 is 1.39 bits per heavy atom. The van der Waals surface area contributed by atoms with Crippen LogP contribution in [0.2, 0.25) is 0 Å². The summed E-state index contributed by atoms with van der Waals surface area (Å²) in [5, 5.41) is 3.04. The van der Waals surface area contributed by atoms with Crippen LogP contribution in [0.1, 0.15) is 22.8 Å². The van der Waals surface area contributed by atoms with Gasteiger partial charge in [-0.15, -0.1) is 0 Å². The van der Waals surface area contributed by atoms with Gasteiger partial charge < -0.3 is 10.2 Å². The van der Waals surface area contributed by atoms with E-state index in [4.69, 9.17) is 0 Å². The van der Waals surface area contributed by atoms with Crippen molar-refractivity contribution in [2.24, 2.45) is 0 Å². The van der Waals surface area contributed by atoms with Crippen LogP contribution in [-0.2, 0) is 11.3 Å². The van der Waals surface area contributed by atoms with Gasteiger partial charge in [0.05, 0.1) is 12.3 Å². The molecule has 6 nitrogen and oxygen atoms in total. The quantitative estimate of drug-likeness (QED) is 0.903. The Hall–Kier alpha value is -1.86. The number of rotatable bonds is 3. The Bertz CT molecular complexity index is 633. The fourth-order valence-corrected chi connectivity index (χ4v) is 3.55. The van der Waals surface area contributed by atoms with Gasteiger partial charge in [0.2, 0.25) is 5.91 Å². The molecule has 7 heteroatoms. The Balaban J connectivity index is 1.75. The summed E-state index contributed by atoms with van der Waals surface area (Å²) >= 11 is 1.02. The number of carbonyl (C=O) groups is 3. The van der Waals surface area contributed by atoms with Crippen LogP contribution in [0.3, 0.4) is 0 Å². The summed E-state index contributed by atoms with van der Waals surface area (Å²) in [6.45, 7) is 4.52. The maximum absolute atomic E-state index is 12.7. The van der Waals surface area contributed by atoms with E-state index in [-0.39, 0.29) is 35.4 Å². The van der Waals surface area contributed by atoms with E-state index in [1.54, 1.807) is 18.2 Å². The lowest BCUT2D eigenvalue weighted by Gasteiger charge is -2.34. The molecule has 1 aromatic rings. The van der Waals surface area contributed by atoms with Crippen molar-refractivity contribution in [1.29, 1.82) is 0 Å². The number of nitrogens with zero attached hydrogens (tertiary/aromatic N) is 2. The fourth-order valence-electron chi connectivity index (χ4n) is 2.83. The number of hydrogen-bond donors (Lipinski definition) is 1. The largest absolute Gasteiger partial charge is 0.333 e. The number of amides is 3. The van der Waals surface area contributed by atoms with Crippen LogP contribution < -0.4 is 5.32 Å². The Morgan fingerprint density at radius 3 is 2.91 bits per heavy atom. The van der Waals surface area contributed by atoms with Gasteiger partial charge in [0, 0.05) is 31.2 Å². The molecule has 0 saturated carbocycles. The molecule has 1 unspecified atom stereocenters. The number of imide groups is 1. The SMILES string of the molecule is CC1CNCCN1C(=O)c1cccc(CN2C(=O)CSC2=O)c1. The van der Waals surface area contributed by atoms with Crippen LogP contribution in [0.15, 0.2) is 24.3 Å². The van der Waals surface area contributed by atoms with Crippen molar-refractivity contribution in [3.05, 3.63) is 35.4 Å². The smallest absolute Gasteiger partial charge is 0.289 e. The van der Waals surface area contributed by atoms with E-state index in [0.717, 1.165) is 30.4 Å². The third-order valence-corrected chi connectivity index (χ3v) is 4.98. The first-order valence-electron chi connectivity index (χ1n) is 7.64. The molecule has 2 heterocycles. The van der Waals surface area contributed by atoms with Gasteiger partial charge in [0.25, 0.3) is 11.1 Å². The topological polar surface area (TPSA) is 69.7 Å². The summed E-state index contributed by atoms with van der Waals surface area (Å²) in [5.41, 5.74) is 1.39. The molecule has 0 aromatic heterocycles. The number of piperazine rings is 1. The van der Waals surface area contributed by atoms with E-state index in [2.05, 4.69) is 5.32 Å². The summed E-state index contributed by atoms with van der Waals surface area (Å²) in [4.78, 5) is 39.2. The molecule has 2 aliphatic heterocycles. The maximum Gasteiger partial charge on any atom is 0.289 e. The first kappa shape index (κ1) is 16.0. The summed E-state index contributed by atoms with van der Waals surface area (Å²) in [6, 6.07) is 7.34. The molecule has 122 valence electrons. The standard InChI is InChI=1S/C16H19N3O3S/c1-11-8-17-5-6-18(11)15(21)13-4-2-3-12(7-13)9-19-14(20)10-23-16(19)22/h2-4,7,11,17H,5-6,8-10H2,1H3. The molecule has 0 bridgehead atoms. The third-order valence-electron chi connectivity index (χ3n) is 4.12. The van der Waals surface area contributed by atoms with E-state index in [1.165, 1.54) is 4.90 Å². The van der Waals surface area contributed by atoms with Crippen molar-refractivity contribution in [3.8, 4) is 0 Å². The van der Waals surface area contributed by atoms with Gasteiger partial charge in [-0.05, 0) is 24.6 Å². The average Bonchev–Trinajstić information content (AvgIpc) is 2.87. The third kappa shape index (κ3) is 3.40. The Kier molecular flexibility index (Phi) is 4.68. The van der Waals surface area contributed by atoms with E-state index >= 15 is 0 Å². The van der Waals surface area contributed by atoms with Crippen LogP contribution in [-0.4, -0.2) is 58.3 Å². The van der Waals surface area contributed by atoms with Crippen molar-refractivity contribution in [2.75, 3.05) is 25.4 Å². The highest BCUT2D eigenvalue weighted by Gasteiger charge is 2.30. The minimum absolute atomic E-state index is 0.00528. The van der Waals surface area contributed by atoms with Crippen molar-refractivity contribution >= 4 is 28.8 Å². The predicted octanol–water partition coefficient (Wildman–Crippen LogP) is 1.32. The lowest BCUT2D eigenvalue weighted by atomic mass is 10.1. The highest BCUT2D eigenvalue weighted by Crippen LogP contribution is 2.22. The molecule has 2 fully saturated rings. The minimum atomic E-state index is -0.220. The average molecular weight is 333 g/mol. The molecule has 0 radical (unpaired) electrons. The van der Waals surface area contributed by atoms with E-state index < -0.39 is 0 Å². The van der Waals surface area contributed by atoms with E-state index in [1.807, 2.05) is 17.9 Å². The fraction of sp³-hybridized carbons (Fsp3) is 0.438. The van der Waals surface area contributed by atoms with Crippen molar-refractivity contribution < 1.29 is 14.4 Å². The molecule has 0 aliphatic carbocycles. The molecule has 1 N–H and O–H groups in total. The first-order chi connectivity index (χ1) is 11.1. The monoisotopic (exact) mass is 333 g/mol. The van der Waals surface area contributed by atoms with Crippen molar-refractivity contribution in [2.45, 2.75) is 19.5 Å². The lowest BCUT2D eigenvalue weighted by Crippen LogP contribution is -2.52. The van der Waals surface area contributed by atoms with Crippen LogP contribution in [0.5, 0.6) is 0 Å². The second-order valence-corrected chi connectivity index (χ2v) is 6.71. The number of carbonyl (C=O) groups excluding carboxylic acids is 3. The molecule has 2 saturated heterocycles. The summed E-state index contributed by atoms with van der Waals surface area (Å²) in [7, 11) is 0. The Labute approximate surface area is 139 Å². The normalized spacial score (nSPS) is 21.9. The molecule has 2 aliphatic rings. The van der Waals surface area contributed by atoms with Crippen LogP contribution in [0, 0.1) is 0 Å². The van der Waals surface area contributed by atoms with Gasteiger partial charge >= 0.3 is 0 Å². The minimum Gasteiger partial charge on any atom is -0.333 e. The van der Waals surface area contributed by atoms with Gasteiger partial charge in [-0.25, -0.2) is 0 Å². The summed E-state index contributed by atoms with van der Waals surface area (Å²) in [6.07, 6.45) is 0. The van der Waals surface area contributed by atoms with Crippen LogP contribution >= 0.6 is 11.8 Å². The number of thioether (sulfide) groups is 1. The van der Waals surface area contributed by atoms with Gasteiger partial charge in [0.1, 0.15) is 0 Å². The molecule has 3 rings (SSSR count).